The minimum absolute atomic E-state index is 0.264. The van der Waals surface area contributed by atoms with Crippen LogP contribution in [0.15, 0.2) is 22.6 Å². The summed E-state index contributed by atoms with van der Waals surface area (Å²) in [4.78, 5) is 0. The van der Waals surface area contributed by atoms with Gasteiger partial charge in [0.15, 0.2) is 11.4 Å². The highest BCUT2D eigenvalue weighted by molar-refractivity contribution is 5.82. The van der Waals surface area contributed by atoms with E-state index in [1.54, 1.807) is 6.07 Å². The Balaban J connectivity index is 1.99. The van der Waals surface area contributed by atoms with Crippen molar-refractivity contribution in [3.05, 3.63) is 35.3 Å². The molecule has 1 N–H and O–H groups in total. The van der Waals surface area contributed by atoms with E-state index in [0.717, 1.165) is 23.1 Å². The molecular formula is C16H20FNO. The van der Waals surface area contributed by atoms with Crippen molar-refractivity contribution in [3.8, 4) is 0 Å². The standard InChI is InChI=1S/C16H20FNO/c1-10(2)8-13-12-4-3-5-14(17)16(12)19-15(13)9-18-11-6-7-11/h3-5,10-11,18H,6-9H2,1-2H3. The number of para-hydroxylation sites is 1. The minimum Gasteiger partial charge on any atom is -0.456 e. The Morgan fingerprint density at radius 2 is 2.16 bits per heavy atom. The second-order valence-electron chi connectivity index (χ2n) is 5.87. The normalized spacial score (nSPS) is 15.6. The predicted molar refractivity (Wildman–Crippen MR) is 74.6 cm³/mol. The van der Waals surface area contributed by atoms with Crippen molar-refractivity contribution in [2.24, 2.45) is 5.92 Å². The number of fused-ring (bicyclic) bond motifs is 1. The van der Waals surface area contributed by atoms with Crippen LogP contribution in [0.5, 0.6) is 0 Å². The fraction of sp³-hybridized carbons (Fsp3) is 0.500. The number of halogens is 1. The largest absolute Gasteiger partial charge is 0.456 e. The van der Waals surface area contributed by atoms with E-state index in [-0.39, 0.29) is 5.82 Å². The Morgan fingerprint density at radius 3 is 2.84 bits per heavy atom. The summed E-state index contributed by atoms with van der Waals surface area (Å²) in [5, 5.41) is 4.38. The van der Waals surface area contributed by atoms with E-state index >= 15 is 0 Å². The summed E-state index contributed by atoms with van der Waals surface area (Å²) in [5.41, 5.74) is 1.57. The molecule has 1 aliphatic rings. The molecule has 2 nitrogen and oxygen atoms in total. The second-order valence-corrected chi connectivity index (χ2v) is 5.87. The molecule has 1 aliphatic carbocycles. The molecule has 2 aromatic rings. The van der Waals surface area contributed by atoms with Gasteiger partial charge in [-0.15, -0.1) is 0 Å². The zero-order valence-corrected chi connectivity index (χ0v) is 11.5. The smallest absolute Gasteiger partial charge is 0.170 e. The van der Waals surface area contributed by atoms with Gasteiger partial charge in [0.05, 0.1) is 6.54 Å². The maximum absolute atomic E-state index is 13.8. The van der Waals surface area contributed by atoms with Crippen LogP contribution in [-0.4, -0.2) is 6.04 Å². The lowest BCUT2D eigenvalue weighted by Gasteiger charge is -2.06. The number of rotatable bonds is 5. The van der Waals surface area contributed by atoms with Crippen molar-refractivity contribution in [1.29, 1.82) is 0 Å². The average molecular weight is 261 g/mol. The monoisotopic (exact) mass is 261 g/mol. The molecular weight excluding hydrogens is 241 g/mol. The van der Waals surface area contributed by atoms with E-state index in [1.165, 1.54) is 18.9 Å². The first-order chi connectivity index (χ1) is 9.15. The van der Waals surface area contributed by atoms with Crippen molar-refractivity contribution >= 4 is 11.0 Å². The van der Waals surface area contributed by atoms with E-state index in [9.17, 15) is 4.39 Å². The summed E-state index contributed by atoms with van der Waals surface area (Å²) in [6.45, 7) is 5.06. The summed E-state index contributed by atoms with van der Waals surface area (Å²) in [6.07, 6.45) is 3.42. The first-order valence-electron chi connectivity index (χ1n) is 7.07. The topological polar surface area (TPSA) is 25.2 Å². The lowest BCUT2D eigenvalue weighted by atomic mass is 9.99. The van der Waals surface area contributed by atoms with Gasteiger partial charge in [-0.2, -0.15) is 0 Å². The fourth-order valence-corrected chi connectivity index (χ4v) is 2.48. The fourth-order valence-electron chi connectivity index (χ4n) is 2.48. The van der Waals surface area contributed by atoms with Gasteiger partial charge >= 0.3 is 0 Å². The molecule has 1 heterocycles. The molecule has 0 aliphatic heterocycles. The maximum Gasteiger partial charge on any atom is 0.170 e. The number of furan rings is 1. The molecule has 3 rings (SSSR count). The molecule has 19 heavy (non-hydrogen) atoms. The van der Waals surface area contributed by atoms with Gasteiger partial charge in [-0.3, -0.25) is 0 Å². The van der Waals surface area contributed by atoms with Crippen LogP contribution in [0.1, 0.15) is 38.0 Å². The van der Waals surface area contributed by atoms with Gasteiger partial charge in [-0.05, 0) is 31.2 Å². The van der Waals surface area contributed by atoms with Crippen LogP contribution in [-0.2, 0) is 13.0 Å². The van der Waals surface area contributed by atoms with Crippen molar-refractivity contribution in [2.45, 2.75) is 45.7 Å². The SMILES string of the molecule is CC(C)Cc1c(CNC2CC2)oc2c(F)cccc12. The van der Waals surface area contributed by atoms with Crippen LogP contribution < -0.4 is 5.32 Å². The van der Waals surface area contributed by atoms with Crippen LogP contribution in [0, 0.1) is 11.7 Å². The number of benzene rings is 1. The molecule has 0 unspecified atom stereocenters. The van der Waals surface area contributed by atoms with Gasteiger partial charge in [0.25, 0.3) is 0 Å². The molecule has 0 radical (unpaired) electrons. The Bertz CT molecular complexity index is 584. The van der Waals surface area contributed by atoms with Crippen molar-refractivity contribution in [1.82, 2.24) is 5.32 Å². The molecule has 1 aromatic carbocycles. The molecule has 1 saturated carbocycles. The number of hydrogen-bond donors (Lipinski definition) is 1. The summed E-state index contributed by atoms with van der Waals surface area (Å²) in [6, 6.07) is 5.81. The van der Waals surface area contributed by atoms with E-state index in [4.69, 9.17) is 4.42 Å². The minimum atomic E-state index is -0.264. The zero-order chi connectivity index (χ0) is 13.4. The lowest BCUT2D eigenvalue weighted by molar-refractivity contribution is 0.485. The zero-order valence-electron chi connectivity index (χ0n) is 11.5. The van der Waals surface area contributed by atoms with Crippen LogP contribution >= 0.6 is 0 Å². The highest BCUT2D eigenvalue weighted by Gasteiger charge is 2.23. The second kappa shape index (κ2) is 4.97. The Morgan fingerprint density at radius 1 is 1.37 bits per heavy atom. The molecule has 0 saturated heterocycles. The molecule has 0 bridgehead atoms. The highest BCUT2D eigenvalue weighted by atomic mass is 19.1. The highest BCUT2D eigenvalue weighted by Crippen LogP contribution is 2.30. The van der Waals surface area contributed by atoms with E-state index in [2.05, 4.69) is 19.2 Å². The first-order valence-corrected chi connectivity index (χ1v) is 7.07. The Labute approximate surface area is 113 Å². The number of hydrogen-bond acceptors (Lipinski definition) is 2. The molecule has 0 spiro atoms. The van der Waals surface area contributed by atoms with Crippen molar-refractivity contribution < 1.29 is 8.81 Å². The summed E-state index contributed by atoms with van der Waals surface area (Å²) in [5.74, 6) is 1.17. The van der Waals surface area contributed by atoms with Crippen LogP contribution in [0.3, 0.4) is 0 Å². The Kier molecular flexibility index (Phi) is 3.31. The molecule has 3 heteroatoms. The average Bonchev–Trinajstić information content (AvgIpc) is 3.12. The summed E-state index contributed by atoms with van der Waals surface area (Å²) >= 11 is 0. The van der Waals surface area contributed by atoms with Crippen LogP contribution in [0.2, 0.25) is 0 Å². The van der Waals surface area contributed by atoms with Gasteiger partial charge in [0.2, 0.25) is 0 Å². The third-order valence-electron chi connectivity index (χ3n) is 3.59. The predicted octanol–water partition coefficient (Wildman–Crippen LogP) is 4.02. The molecule has 1 fully saturated rings. The quantitative estimate of drug-likeness (QED) is 0.879. The summed E-state index contributed by atoms with van der Waals surface area (Å²) in [7, 11) is 0. The molecule has 0 amide bonds. The van der Waals surface area contributed by atoms with Crippen molar-refractivity contribution in [2.75, 3.05) is 0 Å². The van der Waals surface area contributed by atoms with Gasteiger partial charge in [-0.1, -0.05) is 26.0 Å². The third-order valence-corrected chi connectivity index (χ3v) is 3.59. The van der Waals surface area contributed by atoms with E-state index in [0.29, 0.717) is 24.1 Å². The molecule has 102 valence electrons. The number of nitrogens with one attached hydrogen (secondary N) is 1. The first kappa shape index (κ1) is 12.7. The maximum atomic E-state index is 13.8. The Hall–Kier alpha value is -1.35. The van der Waals surface area contributed by atoms with Gasteiger partial charge in [-0.25, -0.2) is 4.39 Å². The van der Waals surface area contributed by atoms with Crippen LogP contribution in [0.4, 0.5) is 4.39 Å². The summed E-state index contributed by atoms with van der Waals surface area (Å²) < 4.78 is 19.6. The van der Waals surface area contributed by atoms with E-state index in [1.807, 2.05) is 6.07 Å². The molecule has 0 atom stereocenters. The third kappa shape index (κ3) is 2.66. The van der Waals surface area contributed by atoms with Crippen molar-refractivity contribution in [3.63, 3.8) is 0 Å². The van der Waals surface area contributed by atoms with Gasteiger partial charge in [0.1, 0.15) is 5.76 Å². The van der Waals surface area contributed by atoms with E-state index < -0.39 is 0 Å². The van der Waals surface area contributed by atoms with Crippen LogP contribution in [0.25, 0.3) is 11.0 Å². The van der Waals surface area contributed by atoms with Gasteiger partial charge < -0.3 is 9.73 Å². The molecule has 1 aromatic heterocycles. The lowest BCUT2D eigenvalue weighted by Crippen LogP contribution is -2.16. The van der Waals surface area contributed by atoms with Gasteiger partial charge in [0, 0.05) is 17.0 Å².